The minimum absolute atomic E-state index is 0.0620. The van der Waals surface area contributed by atoms with Gasteiger partial charge in [0, 0.05) is 23.0 Å². The van der Waals surface area contributed by atoms with E-state index in [4.69, 9.17) is 0 Å². The van der Waals surface area contributed by atoms with Crippen LogP contribution in [0.25, 0.3) is 0 Å². The van der Waals surface area contributed by atoms with E-state index in [1.54, 1.807) is 57.2 Å². The SMILES string of the molecule is CC(C)(C)NC(=O)C(Cc1ccccc1)N(Cc1cccc(Br)c1)C(=O)CN(c1cccc(C(F)(F)F)c1)S(C)(=O)=O. The minimum atomic E-state index is -4.72. The van der Waals surface area contributed by atoms with E-state index in [1.165, 1.54) is 11.0 Å². The van der Waals surface area contributed by atoms with Crippen molar-refractivity contribution in [1.29, 1.82) is 0 Å². The number of hydrogen-bond donors (Lipinski definition) is 1. The highest BCUT2D eigenvalue weighted by molar-refractivity contribution is 9.10. The van der Waals surface area contributed by atoms with Gasteiger partial charge < -0.3 is 10.2 Å². The summed E-state index contributed by atoms with van der Waals surface area (Å²) < 4.78 is 67.3. The predicted molar refractivity (Wildman–Crippen MR) is 160 cm³/mol. The van der Waals surface area contributed by atoms with E-state index in [0.29, 0.717) is 15.9 Å². The van der Waals surface area contributed by atoms with Gasteiger partial charge >= 0.3 is 6.18 Å². The minimum Gasteiger partial charge on any atom is -0.350 e. The molecule has 0 aliphatic heterocycles. The van der Waals surface area contributed by atoms with Crippen molar-refractivity contribution < 1.29 is 31.2 Å². The van der Waals surface area contributed by atoms with E-state index in [9.17, 15) is 31.2 Å². The lowest BCUT2D eigenvalue weighted by molar-refractivity contribution is -0.140. The molecule has 0 radical (unpaired) electrons. The Labute approximate surface area is 252 Å². The normalized spacial score (nSPS) is 12.9. The van der Waals surface area contributed by atoms with E-state index >= 15 is 0 Å². The Morgan fingerprint density at radius 2 is 1.52 bits per heavy atom. The van der Waals surface area contributed by atoms with E-state index in [2.05, 4.69) is 21.2 Å². The van der Waals surface area contributed by atoms with E-state index < -0.39 is 51.7 Å². The summed E-state index contributed by atoms with van der Waals surface area (Å²) in [7, 11) is -4.21. The zero-order valence-electron chi connectivity index (χ0n) is 23.7. The summed E-state index contributed by atoms with van der Waals surface area (Å²) in [6, 6.07) is 18.8. The number of alkyl halides is 3. The molecule has 3 aromatic rings. The lowest BCUT2D eigenvalue weighted by atomic mass is 10.0. The summed E-state index contributed by atoms with van der Waals surface area (Å²) in [6.07, 6.45) is -3.79. The van der Waals surface area contributed by atoms with Crippen LogP contribution in [-0.4, -0.2) is 49.5 Å². The third-order valence-electron chi connectivity index (χ3n) is 6.15. The molecule has 3 rings (SSSR count). The number of hydrogen-bond acceptors (Lipinski definition) is 4. The second-order valence-corrected chi connectivity index (χ2v) is 13.7. The molecule has 0 aliphatic carbocycles. The lowest BCUT2D eigenvalue weighted by Gasteiger charge is -2.35. The summed E-state index contributed by atoms with van der Waals surface area (Å²) in [5.41, 5.74) is -0.603. The third-order valence-corrected chi connectivity index (χ3v) is 7.79. The van der Waals surface area contributed by atoms with Crippen molar-refractivity contribution in [3.05, 3.63) is 100 Å². The highest BCUT2D eigenvalue weighted by Crippen LogP contribution is 2.32. The molecule has 0 spiro atoms. The Hall–Kier alpha value is -3.38. The molecule has 0 fully saturated rings. The molecule has 0 saturated carbocycles. The van der Waals surface area contributed by atoms with Gasteiger partial charge in [-0.25, -0.2) is 8.42 Å². The maximum atomic E-state index is 14.1. The maximum absolute atomic E-state index is 14.1. The number of nitrogens with one attached hydrogen (secondary N) is 1. The van der Waals surface area contributed by atoms with Gasteiger partial charge in [-0.1, -0.05) is 64.5 Å². The van der Waals surface area contributed by atoms with Crippen LogP contribution in [0.4, 0.5) is 18.9 Å². The Morgan fingerprint density at radius 1 is 0.905 bits per heavy atom. The fourth-order valence-electron chi connectivity index (χ4n) is 4.29. The molecule has 1 unspecified atom stereocenters. The lowest BCUT2D eigenvalue weighted by Crippen LogP contribution is -2.56. The van der Waals surface area contributed by atoms with Gasteiger partial charge in [-0.3, -0.25) is 13.9 Å². The van der Waals surface area contributed by atoms with Crippen LogP contribution in [-0.2, 0) is 38.8 Å². The number of halogens is 4. The van der Waals surface area contributed by atoms with E-state index in [-0.39, 0.29) is 18.7 Å². The largest absolute Gasteiger partial charge is 0.416 e. The Bertz CT molecular complexity index is 1510. The molecule has 42 heavy (non-hydrogen) atoms. The van der Waals surface area contributed by atoms with Crippen LogP contribution in [0.1, 0.15) is 37.5 Å². The second-order valence-electron chi connectivity index (χ2n) is 10.9. The Kier molecular flexibility index (Phi) is 10.5. The number of benzene rings is 3. The Balaban J connectivity index is 2.10. The maximum Gasteiger partial charge on any atom is 0.416 e. The molecule has 3 aromatic carbocycles. The van der Waals surface area contributed by atoms with Crippen molar-refractivity contribution in [1.82, 2.24) is 10.2 Å². The first-order valence-electron chi connectivity index (χ1n) is 13.0. The van der Waals surface area contributed by atoms with Crippen LogP contribution < -0.4 is 9.62 Å². The summed E-state index contributed by atoms with van der Waals surface area (Å²) in [4.78, 5) is 29.0. The van der Waals surface area contributed by atoms with Crippen LogP contribution in [0.15, 0.2) is 83.3 Å². The van der Waals surface area contributed by atoms with Gasteiger partial charge in [0.15, 0.2) is 0 Å². The first-order valence-corrected chi connectivity index (χ1v) is 15.6. The van der Waals surface area contributed by atoms with Gasteiger partial charge in [-0.2, -0.15) is 13.2 Å². The number of amides is 2. The van der Waals surface area contributed by atoms with Crippen molar-refractivity contribution >= 4 is 43.5 Å². The standard InChI is InChI=1S/C30H33BrF3N3O4S/c1-29(2,3)35-28(39)26(17-21-10-6-5-7-11-21)36(19-22-12-8-14-24(31)16-22)27(38)20-37(42(4,40)41)25-15-9-13-23(18-25)30(32,33)34/h5-16,18,26H,17,19-20H2,1-4H3,(H,35,39). The van der Waals surface area contributed by atoms with Gasteiger partial charge in [0.25, 0.3) is 0 Å². The van der Waals surface area contributed by atoms with Gasteiger partial charge in [0.2, 0.25) is 21.8 Å². The molecule has 7 nitrogen and oxygen atoms in total. The number of anilines is 1. The molecule has 226 valence electrons. The fourth-order valence-corrected chi connectivity index (χ4v) is 5.58. The quantitative estimate of drug-likeness (QED) is 0.297. The number of rotatable bonds is 10. The van der Waals surface area contributed by atoms with Crippen molar-refractivity contribution in [3.63, 3.8) is 0 Å². The molecule has 2 amide bonds. The zero-order chi connectivity index (χ0) is 31.3. The Morgan fingerprint density at radius 3 is 2.10 bits per heavy atom. The highest BCUT2D eigenvalue weighted by atomic mass is 79.9. The summed E-state index contributed by atoms with van der Waals surface area (Å²) in [6.45, 7) is 4.51. The van der Waals surface area contributed by atoms with Gasteiger partial charge in [0.05, 0.1) is 17.5 Å². The molecule has 0 aliphatic rings. The molecular weight excluding hydrogens is 635 g/mol. The molecular formula is C30H33BrF3N3O4S. The van der Waals surface area contributed by atoms with Crippen LogP contribution in [0, 0.1) is 0 Å². The monoisotopic (exact) mass is 667 g/mol. The molecule has 12 heteroatoms. The first-order chi connectivity index (χ1) is 19.4. The zero-order valence-corrected chi connectivity index (χ0v) is 26.1. The highest BCUT2D eigenvalue weighted by Gasteiger charge is 2.35. The molecule has 0 saturated heterocycles. The van der Waals surface area contributed by atoms with Gasteiger partial charge in [-0.05, 0) is 62.2 Å². The van der Waals surface area contributed by atoms with Crippen molar-refractivity contribution in [2.75, 3.05) is 17.1 Å². The molecule has 0 heterocycles. The van der Waals surface area contributed by atoms with E-state index in [0.717, 1.165) is 28.4 Å². The molecule has 1 N–H and O–H groups in total. The molecule has 0 bridgehead atoms. The van der Waals surface area contributed by atoms with Crippen LogP contribution in [0.2, 0.25) is 0 Å². The summed E-state index contributed by atoms with van der Waals surface area (Å²) >= 11 is 3.41. The molecule has 1 atom stereocenters. The number of sulfonamides is 1. The smallest absolute Gasteiger partial charge is 0.350 e. The van der Waals surface area contributed by atoms with Crippen LogP contribution >= 0.6 is 15.9 Å². The predicted octanol–water partition coefficient (Wildman–Crippen LogP) is 5.79. The topological polar surface area (TPSA) is 86.8 Å². The second kappa shape index (κ2) is 13.3. The summed E-state index contributed by atoms with van der Waals surface area (Å²) in [5.74, 6) is -1.22. The van der Waals surface area contributed by atoms with Crippen molar-refractivity contribution in [2.24, 2.45) is 0 Å². The van der Waals surface area contributed by atoms with Crippen molar-refractivity contribution in [2.45, 2.75) is 51.5 Å². The van der Waals surface area contributed by atoms with Gasteiger partial charge in [0.1, 0.15) is 12.6 Å². The van der Waals surface area contributed by atoms with Gasteiger partial charge in [-0.15, -0.1) is 0 Å². The summed E-state index contributed by atoms with van der Waals surface area (Å²) in [5, 5.41) is 2.91. The number of carbonyl (C=O) groups is 2. The fraction of sp³-hybridized carbons (Fsp3) is 0.333. The van der Waals surface area contributed by atoms with Crippen molar-refractivity contribution in [3.8, 4) is 0 Å². The van der Waals surface area contributed by atoms with Crippen LogP contribution in [0.3, 0.4) is 0 Å². The van der Waals surface area contributed by atoms with E-state index in [1.807, 2.05) is 18.2 Å². The number of nitrogens with zero attached hydrogens (tertiary/aromatic N) is 2. The number of carbonyl (C=O) groups excluding carboxylic acids is 2. The molecule has 0 aromatic heterocycles. The average molecular weight is 669 g/mol. The first kappa shape index (κ1) is 33.1. The third kappa shape index (κ3) is 9.59. The average Bonchev–Trinajstić information content (AvgIpc) is 2.87. The van der Waals surface area contributed by atoms with Crippen LogP contribution in [0.5, 0.6) is 0 Å².